The molecular weight excluding hydrogens is 240 g/mol. The summed E-state index contributed by atoms with van der Waals surface area (Å²) in [4.78, 5) is 16.6. The van der Waals surface area contributed by atoms with Crippen molar-refractivity contribution in [2.45, 2.75) is 26.2 Å². The molecule has 1 aromatic rings. The van der Waals surface area contributed by atoms with Crippen LogP contribution in [0.3, 0.4) is 0 Å². The van der Waals surface area contributed by atoms with Crippen molar-refractivity contribution in [2.75, 3.05) is 19.8 Å². The molecule has 0 aliphatic carbocycles. The lowest BCUT2D eigenvalue weighted by Gasteiger charge is -2.23. The standard InChI is InChI=1S/C15H22N2O2/c1-13(18)16-12-17-11-15(8-5-9-19-17)10-14-6-3-2-4-7-14/h2-4,6-7,15H,5,8-12H2,1H3,(H,16,18). The van der Waals surface area contributed by atoms with Gasteiger partial charge in [-0.25, -0.2) is 0 Å². The Bertz CT molecular complexity index is 394. The van der Waals surface area contributed by atoms with Crippen LogP contribution in [0.5, 0.6) is 0 Å². The Balaban J connectivity index is 1.87. The Morgan fingerprint density at radius 3 is 2.95 bits per heavy atom. The van der Waals surface area contributed by atoms with E-state index in [-0.39, 0.29) is 5.91 Å². The zero-order valence-electron chi connectivity index (χ0n) is 11.5. The first-order valence-corrected chi connectivity index (χ1v) is 6.90. The summed E-state index contributed by atoms with van der Waals surface area (Å²) < 4.78 is 0. The van der Waals surface area contributed by atoms with Crippen LogP contribution in [0, 0.1) is 5.92 Å². The minimum absolute atomic E-state index is 0.0209. The minimum Gasteiger partial charge on any atom is -0.341 e. The number of carbonyl (C=O) groups is 1. The minimum atomic E-state index is -0.0209. The van der Waals surface area contributed by atoms with E-state index in [0.29, 0.717) is 12.6 Å². The van der Waals surface area contributed by atoms with Gasteiger partial charge in [-0.2, -0.15) is 5.06 Å². The van der Waals surface area contributed by atoms with Crippen LogP contribution in [0.25, 0.3) is 0 Å². The molecule has 2 rings (SSSR count). The van der Waals surface area contributed by atoms with Gasteiger partial charge in [0.05, 0.1) is 13.3 Å². The molecule has 1 atom stereocenters. The highest BCUT2D eigenvalue weighted by molar-refractivity contribution is 5.72. The Hall–Kier alpha value is -1.39. The summed E-state index contributed by atoms with van der Waals surface area (Å²) in [6.07, 6.45) is 3.32. The first-order chi connectivity index (χ1) is 9.24. The highest BCUT2D eigenvalue weighted by atomic mass is 16.7. The van der Waals surface area contributed by atoms with Crippen molar-refractivity contribution in [1.29, 1.82) is 0 Å². The topological polar surface area (TPSA) is 41.6 Å². The van der Waals surface area contributed by atoms with Gasteiger partial charge >= 0.3 is 0 Å². The van der Waals surface area contributed by atoms with Crippen molar-refractivity contribution in [3.8, 4) is 0 Å². The molecule has 1 heterocycles. The first kappa shape index (κ1) is 14.0. The SMILES string of the molecule is CC(=O)NCN1CC(Cc2ccccc2)CCCO1. The van der Waals surface area contributed by atoms with E-state index in [1.54, 1.807) is 0 Å². The second-order valence-electron chi connectivity index (χ2n) is 5.09. The number of hydroxylamine groups is 2. The molecule has 1 fully saturated rings. The summed E-state index contributed by atoms with van der Waals surface area (Å²) in [7, 11) is 0. The monoisotopic (exact) mass is 262 g/mol. The van der Waals surface area contributed by atoms with E-state index in [1.807, 2.05) is 11.1 Å². The molecule has 1 amide bonds. The summed E-state index contributed by atoms with van der Waals surface area (Å²) in [6, 6.07) is 10.5. The lowest BCUT2D eigenvalue weighted by molar-refractivity contribution is -0.163. The maximum Gasteiger partial charge on any atom is 0.217 e. The Labute approximate surface area is 114 Å². The van der Waals surface area contributed by atoms with Gasteiger partial charge in [0, 0.05) is 13.5 Å². The average molecular weight is 262 g/mol. The van der Waals surface area contributed by atoms with Gasteiger partial charge in [-0.1, -0.05) is 30.3 Å². The van der Waals surface area contributed by atoms with E-state index < -0.39 is 0 Å². The summed E-state index contributed by atoms with van der Waals surface area (Å²) in [5.41, 5.74) is 1.37. The zero-order valence-corrected chi connectivity index (χ0v) is 11.5. The molecule has 0 aromatic heterocycles. The first-order valence-electron chi connectivity index (χ1n) is 6.90. The molecule has 1 aliphatic heterocycles. The predicted molar refractivity (Wildman–Crippen MR) is 74.2 cm³/mol. The molecule has 1 saturated heterocycles. The van der Waals surface area contributed by atoms with Gasteiger partial charge in [0.2, 0.25) is 5.91 Å². The number of amides is 1. The number of rotatable bonds is 4. The summed E-state index contributed by atoms with van der Waals surface area (Å²) in [6.45, 7) is 3.61. The third-order valence-corrected chi connectivity index (χ3v) is 3.36. The van der Waals surface area contributed by atoms with Crippen molar-refractivity contribution < 1.29 is 9.63 Å². The van der Waals surface area contributed by atoms with Crippen LogP contribution >= 0.6 is 0 Å². The number of benzene rings is 1. The summed E-state index contributed by atoms with van der Waals surface area (Å²) in [5.74, 6) is 0.561. The van der Waals surface area contributed by atoms with Crippen LogP contribution in [0.1, 0.15) is 25.3 Å². The van der Waals surface area contributed by atoms with Gasteiger partial charge in [-0.05, 0) is 30.7 Å². The van der Waals surface area contributed by atoms with Crippen molar-refractivity contribution in [1.82, 2.24) is 10.4 Å². The highest BCUT2D eigenvalue weighted by Crippen LogP contribution is 2.19. The molecule has 0 saturated carbocycles. The molecule has 1 aromatic carbocycles. The molecule has 0 bridgehead atoms. The van der Waals surface area contributed by atoms with Gasteiger partial charge in [0.15, 0.2) is 0 Å². The maximum atomic E-state index is 11.0. The second-order valence-corrected chi connectivity index (χ2v) is 5.09. The fourth-order valence-corrected chi connectivity index (χ4v) is 2.42. The Kier molecular flexibility index (Phi) is 5.36. The smallest absolute Gasteiger partial charge is 0.217 e. The number of nitrogens with zero attached hydrogens (tertiary/aromatic N) is 1. The maximum absolute atomic E-state index is 11.0. The summed E-state index contributed by atoms with van der Waals surface area (Å²) >= 11 is 0. The Morgan fingerprint density at radius 2 is 2.21 bits per heavy atom. The fraction of sp³-hybridized carbons (Fsp3) is 0.533. The van der Waals surface area contributed by atoms with E-state index in [1.165, 1.54) is 18.9 Å². The number of nitrogens with one attached hydrogen (secondary N) is 1. The predicted octanol–water partition coefficient (Wildman–Crippen LogP) is 1.97. The molecule has 4 nitrogen and oxygen atoms in total. The highest BCUT2D eigenvalue weighted by Gasteiger charge is 2.19. The Morgan fingerprint density at radius 1 is 1.42 bits per heavy atom. The molecule has 19 heavy (non-hydrogen) atoms. The van der Waals surface area contributed by atoms with Crippen molar-refractivity contribution in [3.05, 3.63) is 35.9 Å². The number of hydrogen-bond acceptors (Lipinski definition) is 3. The van der Waals surface area contributed by atoms with E-state index in [4.69, 9.17) is 4.84 Å². The molecule has 1 aliphatic rings. The van der Waals surface area contributed by atoms with E-state index in [0.717, 1.165) is 26.0 Å². The lowest BCUT2D eigenvalue weighted by atomic mass is 9.95. The zero-order chi connectivity index (χ0) is 13.5. The van der Waals surface area contributed by atoms with E-state index in [2.05, 4.69) is 29.6 Å². The largest absolute Gasteiger partial charge is 0.341 e. The van der Waals surface area contributed by atoms with Gasteiger partial charge in [-0.3, -0.25) is 9.63 Å². The van der Waals surface area contributed by atoms with Crippen LogP contribution in [-0.4, -0.2) is 30.8 Å². The molecule has 104 valence electrons. The third kappa shape index (κ3) is 5.01. The van der Waals surface area contributed by atoms with Crippen LogP contribution in [-0.2, 0) is 16.1 Å². The average Bonchev–Trinajstić information content (AvgIpc) is 2.63. The van der Waals surface area contributed by atoms with E-state index >= 15 is 0 Å². The second kappa shape index (κ2) is 7.26. The quantitative estimate of drug-likeness (QED) is 0.902. The van der Waals surface area contributed by atoms with Crippen LogP contribution in [0.15, 0.2) is 30.3 Å². The molecule has 0 spiro atoms. The molecular formula is C15H22N2O2. The molecule has 1 N–H and O–H groups in total. The lowest BCUT2D eigenvalue weighted by Crippen LogP contribution is -2.38. The van der Waals surface area contributed by atoms with Crippen molar-refractivity contribution >= 4 is 5.91 Å². The number of carbonyl (C=O) groups excluding carboxylic acids is 1. The molecule has 1 unspecified atom stereocenters. The van der Waals surface area contributed by atoms with Gasteiger partial charge in [0.1, 0.15) is 0 Å². The third-order valence-electron chi connectivity index (χ3n) is 3.36. The molecule has 4 heteroatoms. The number of hydrogen-bond donors (Lipinski definition) is 1. The van der Waals surface area contributed by atoms with Crippen LogP contribution in [0.2, 0.25) is 0 Å². The van der Waals surface area contributed by atoms with Crippen molar-refractivity contribution in [2.24, 2.45) is 5.92 Å². The van der Waals surface area contributed by atoms with E-state index in [9.17, 15) is 4.79 Å². The van der Waals surface area contributed by atoms with Crippen molar-refractivity contribution in [3.63, 3.8) is 0 Å². The van der Waals surface area contributed by atoms with Crippen LogP contribution in [0.4, 0.5) is 0 Å². The van der Waals surface area contributed by atoms with Gasteiger partial charge in [0.25, 0.3) is 0 Å². The molecule has 0 radical (unpaired) electrons. The van der Waals surface area contributed by atoms with Gasteiger partial charge in [-0.15, -0.1) is 0 Å². The van der Waals surface area contributed by atoms with Gasteiger partial charge < -0.3 is 5.32 Å². The van der Waals surface area contributed by atoms with Crippen LogP contribution < -0.4 is 5.32 Å². The normalized spacial score (nSPS) is 20.8. The summed E-state index contributed by atoms with van der Waals surface area (Å²) in [5, 5.41) is 4.67. The fourth-order valence-electron chi connectivity index (χ4n) is 2.42.